The minimum absolute atomic E-state index is 0.0174. The number of carbonyl (C=O) groups is 1. The van der Waals surface area contributed by atoms with E-state index in [9.17, 15) is 27.5 Å². The molecule has 0 radical (unpaired) electrons. The van der Waals surface area contributed by atoms with Crippen molar-refractivity contribution in [1.29, 1.82) is 0 Å². The molecular weight excluding hydrogens is 634 g/mol. The molecule has 258 valence electrons. The van der Waals surface area contributed by atoms with Gasteiger partial charge in [-0.05, 0) is 51.2 Å². The molecule has 11 nitrogen and oxygen atoms in total. The standard InChI is InChI=1S/C33H39F4N7O4/c1-17-9-24-20(12-39-42-24)25(26(17)33(35,36)37)28-40-23-4-8-47-14-21(23)27(41-28)22-10-19-11-38-29(31(22,2)44(19)30(45)46)48-16-32(5-6-32)15-43-7-3-18(34)13-43/h9,12,18-19,22,29,38H,3-8,10-11,13-16H2,1-2H3,(H,39,42)(H,45,46)/t18-,19?,22?,29?,31?/m1/s1. The Bertz CT molecular complexity index is 1760. The van der Waals surface area contributed by atoms with Crippen molar-refractivity contribution in [2.24, 2.45) is 5.41 Å². The molecule has 3 N–H and O–H groups in total. The molecule has 3 saturated heterocycles. The number of ether oxygens (including phenoxy) is 2. The molecule has 1 amide bonds. The number of aromatic nitrogens is 4. The number of amides is 1. The van der Waals surface area contributed by atoms with E-state index < -0.39 is 47.7 Å². The van der Waals surface area contributed by atoms with Gasteiger partial charge in [0.05, 0.1) is 54.0 Å². The van der Waals surface area contributed by atoms with Gasteiger partial charge in [0.1, 0.15) is 12.4 Å². The van der Waals surface area contributed by atoms with Gasteiger partial charge in [-0.1, -0.05) is 0 Å². The summed E-state index contributed by atoms with van der Waals surface area (Å²) in [6.45, 7) is 6.37. The third-order valence-electron chi connectivity index (χ3n) is 11.3. The van der Waals surface area contributed by atoms with Crippen molar-refractivity contribution >= 4 is 17.0 Å². The Morgan fingerprint density at radius 3 is 2.79 bits per heavy atom. The monoisotopic (exact) mass is 673 g/mol. The zero-order valence-corrected chi connectivity index (χ0v) is 26.9. The normalized spacial score (nSPS) is 29.8. The van der Waals surface area contributed by atoms with Gasteiger partial charge in [-0.3, -0.25) is 20.2 Å². The lowest BCUT2D eigenvalue weighted by Crippen LogP contribution is -2.68. The summed E-state index contributed by atoms with van der Waals surface area (Å²) in [5.74, 6) is -0.602. The summed E-state index contributed by atoms with van der Waals surface area (Å²) in [4.78, 5) is 26.2. The van der Waals surface area contributed by atoms with Crippen molar-refractivity contribution in [2.75, 3.05) is 39.4 Å². The largest absolute Gasteiger partial charge is 0.465 e. The zero-order valence-electron chi connectivity index (χ0n) is 26.9. The van der Waals surface area contributed by atoms with Crippen molar-refractivity contribution in [3.63, 3.8) is 0 Å². The molecule has 1 saturated carbocycles. The molecule has 48 heavy (non-hydrogen) atoms. The number of nitrogens with zero attached hydrogens (tertiary/aromatic N) is 5. The molecule has 5 atom stereocenters. The smallest absolute Gasteiger partial charge is 0.417 e. The average Bonchev–Trinajstić information content (AvgIpc) is 3.31. The van der Waals surface area contributed by atoms with Gasteiger partial charge >= 0.3 is 12.3 Å². The maximum atomic E-state index is 14.7. The van der Waals surface area contributed by atoms with E-state index in [4.69, 9.17) is 19.4 Å². The third-order valence-corrected chi connectivity index (χ3v) is 11.3. The number of piperazine rings is 1. The van der Waals surface area contributed by atoms with E-state index in [2.05, 4.69) is 20.4 Å². The van der Waals surface area contributed by atoms with Crippen LogP contribution in [-0.2, 0) is 28.7 Å². The molecule has 4 fully saturated rings. The van der Waals surface area contributed by atoms with Gasteiger partial charge in [-0.2, -0.15) is 18.3 Å². The number of hydrogen-bond acceptors (Lipinski definition) is 8. The Balaban J connectivity index is 1.21. The van der Waals surface area contributed by atoms with Crippen LogP contribution < -0.4 is 5.32 Å². The molecule has 1 aromatic carbocycles. The fraction of sp³-hybridized carbons (Fsp3) is 0.636. The summed E-state index contributed by atoms with van der Waals surface area (Å²) < 4.78 is 70.5. The minimum Gasteiger partial charge on any atom is -0.465 e. The first-order chi connectivity index (χ1) is 22.9. The maximum absolute atomic E-state index is 14.7. The number of fused-ring (bicyclic) bond motifs is 4. The fourth-order valence-electron chi connectivity index (χ4n) is 8.76. The summed E-state index contributed by atoms with van der Waals surface area (Å²) in [7, 11) is 0. The maximum Gasteiger partial charge on any atom is 0.417 e. The van der Waals surface area contributed by atoms with Crippen LogP contribution in [-0.4, -0.2) is 105 Å². The number of H-pyrrole nitrogens is 1. The molecule has 6 heterocycles. The van der Waals surface area contributed by atoms with Gasteiger partial charge in [0, 0.05) is 66.5 Å². The molecular formula is C33H39F4N7O4. The summed E-state index contributed by atoms with van der Waals surface area (Å²) in [6.07, 6.45) is -2.75. The molecule has 4 aliphatic heterocycles. The number of benzene rings is 1. The first-order valence-electron chi connectivity index (χ1n) is 16.6. The highest BCUT2D eigenvalue weighted by Gasteiger charge is 2.62. The second kappa shape index (κ2) is 11.3. The van der Waals surface area contributed by atoms with Gasteiger partial charge in [0.2, 0.25) is 0 Å². The Labute approximate surface area is 274 Å². The highest BCUT2D eigenvalue weighted by atomic mass is 19.4. The minimum atomic E-state index is -4.69. The van der Waals surface area contributed by atoms with E-state index in [1.807, 2.05) is 6.92 Å². The summed E-state index contributed by atoms with van der Waals surface area (Å²) in [5, 5.41) is 21.1. The fourth-order valence-corrected chi connectivity index (χ4v) is 8.76. The van der Waals surface area contributed by atoms with E-state index in [-0.39, 0.29) is 34.4 Å². The van der Waals surface area contributed by atoms with Crippen molar-refractivity contribution in [1.82, 2.24) is 35.3 Å². The predicted molar refractivity (Wildman–Crippen MR) is 165 cm³/mol. The summed E-state index contributed by atoms with van der Waals surface area (Å²) in [6, 6.07) is 1.02. The van der Waals surface area contributed by atoms with E-state index in [1.54, 1.807) is 0 Å². The van der Waals surface area contributed by atoms with Gasteiger partial charge in [-0.25, -0.2) is 19.2 Å². The lowest BCUT2D eigenvalue weighted by molar-refractivity contribution is -0.137. The van der Waals surface area contributed by atoms with Crippen molar-refractivity contribution in [3.05, 3.63) is 40.3 Å². The molecule has 2 aromatic heterocycles. The average molecular weight is 674 g/mol. The van der Waals surface area contributed by atoms with Crippen LogP contribution in [0.1, 0.15) is 66.6 Å². The van der Waals surface area contributed by atoms with Crippen LogP contribution in [0.4, 0.5) is 22.4 Å². The van der Waals surface area contributed by atoms with E-state index in [0.717, 1.165) is 19.4 Å². The molecule has 3 aromatic rings. The second-order valence-electron chi connectivity index (χ2n) is 14.5. The predicted octanol–water partition coefficient (Wildman–Crippen LogP) is 4.78. The van der Waals surface area contributed by atoms with Crippen molar-refractivity contribution < 1.29 is 36.9 Å². The molecule has 2 bridgehead atoms. The van der Waals surface area contributed by atoms with E-state index >= 15 is 0 Å². The number of rotatable bonds is 7. The molecule has 15 heteroatoms. The van der Waals surface area contributed by atoms with Gasteiger partial charge < -0.3 is 14.6 Å². The highest BCUT2D eigenvalue weighted by Crippen LogP contribution is 2.53. The quantitative estimate of drug-likeness (QED) is 0.304. The van der Waals surface area contributed by atoms with Crippen molar-refractivity contribution in [2.45, 2.75) is 88.6 Å². The lowest BCUT2D eigenvalue weighted by Gasteiger charge is -2.48. The first kappa shape index (κ1) is 31.8. The number of aromatic amines is 1. The van der Waals surface area contributed by atoms with Gasteiger partial charge in [0.15, 0.2) is 5.82 Å². The first-order valence-corrected chi connectivity index (χ1v) is 16.6. The van der Waals surface area contributed by atoms with Gasteiger partial charge in [-0.15, -0.1) is 0 Å². The summed E-state index contributed by atoms with van der Waals surface area (Å²) in [5.41, 5.74) is -0.0236. The molecule has 0 spiro atoms. The molecule has 5 aliphatic rings. The van der Waals surface area contributed by atoms with Crippen LogP contribution in [0.2, 0.25) is 0 Å². The Morgan fingerprint density at radius 2 is 2.08 bits per heavy atom. The zero-order chi connectivity index (χ0) is 33.6. The summed E-state index contributed by atoms with van der Waals surface area (Å²) >= 11 is 0. The number of hydrogen-bond donors (Lipinski definition) is 3. The van der Waals surface area contributed by atoms with Crippen LogP contribution in [0.5, 0.6) is 0 Å². The Hall–Kier alpha value is -3.40. The lowest BCUT2D eigenvalue weighted by atomic mass is 9.80. The Morgan fingerprint density at radius 1 is 1.27 bits per heavy atom. The molecule has 1 aliphatic carbocycles. The highest BCUT2D eigenvalue weighted by molar-refractivity contribution is 5.95. The van der Waals surface area contributed by atoms with Crippen LogP contribution in [0, 0.1) is 12.3 Å². The van der Waals surface area contributed by atoms with Crippen LogP contribution in [0.3, 0.4) is 0 Å². The number of likely N-dealkylation sites (tertiary alicyclic amines) is 1. The third kappa shape index (κ3) is 5.15. The Kier molecular flexibility index (Phi) is 7.51. The van der Waals surface area contributed by atoms with Crippen LogP contribution in [0.25, 0.3) is 22.3 Å². The number of halogens is 4. The van der Waals surface area contributed by atoms with E-state index in [1.165, 1.54) is 24.1 Å². The van der Waals surface area contributed by atoms with Crippen LogP contribution in [0.15, 0.2) is 12.3 Å². The van der Waals surface area contributed by atoms with E-state index in [0.29, 0.717) is 74.6 Å². The number of nitrogens with one attached hydrogen (secondary N) is 2. The molecule has 4 unspecified atom stereocenters. The van der Waals surface area contributed by atoms with Gasteiger partial charge in [0.25, 0.3) is 0 Å². The number of aryl methyl sites for hydroxylation is 1. The van der Waals surface area contributed by atoms with Crippen LogP contribution >= 0.6 is 0 Å². The SMILES string of the molecule is Cc1cc2[nH]ncc2c(-c2nc3c(c(C4CC5CNC(OCC6(CN7CC[C@@H](F)C7)CC6)C4(C)N5C(=O)O)n2)COCC3)c1C(F)(F)F. The second-order valence-corrected chi connectivity index (χ2v) is 14.5. The molecule has 8 rings (SSSR count). The van der Waals surface area contributed by atoms with Crippen molar-refractivity contribution in [3.8, 4) is 11.4 Å². The topological polar surface area (TPSA) is 129 Å². The number of carboxylic acid groups (broad SMARTS) is 1. The number of alkyl halides is 4.